The SMILES string of the molecule is F[P-](F)(F)(F)(F)F.[Cl-].[Rh].c1ccc(P(CCn2[15n][n+](CCP(c3ccccc3)c3ccccc3)c3ccccc32)c2ccccc2)cc1. The van der Waals surface area contributed by atoms with Crippen LogP contribution in [-0.4, -0.2) is 22.2 Å². The van der Waals surface area contributed by atoms with Gasteiger partial charge in [0.1, 0.15) is 13.1 Å². The summed E-state index contributed by atoms with van der Waals surface area (Å²) in [4.78, 5) is 0. The molecule has 0 N–H and O–H groups in total. The van der Waals surface area contributed by atoms with Crippen molar-refractivity contribution in [2.75, 3.05) is 12.3 Å². The van der Waals surface area contributed by atoms with Crippen LogP contribution < -0.4 is 38.3 Å². The van der Waals surface area contributed by atoms with E-state index in [0.717, 1.165) is 25.4 Å². The van der Waals surface area contributed by atoms with Crippen LogP contribution in [0.3, 0.4) is 0 Å². The van der Waals surface area contributed by atoms with Gasteiger partial charge in [-0.15, -0.1) is 9.36 Å². The Bertz CT molecular complexity index is 1640. The molecule has 0 unspecified atom stereocenters. The summed E-state index contributed by atoms with van der Waals surface area (Å²) in [5, 5.41) is 10.8. The second-order valence-electron chi connectivity index (χ2n) is 10.4. The molecular weight excluding hydrogens is 797 g/mol. The van der Waals surface area contributed by atoms with Crippen LogP contribution in [0.2, 0.25) is 0 Å². The van der Waals surface area contributed by atoms with E-state index < -0.39 is 23.7 Å². The van der Waals surface area contributed by atoms with Gasteiger partial charge >= 0.3 is 33.0 Å². The zero-order valence-electron chi connectivity index (χ0n) is 25.3. The molecule has 0 saturated carbocycles. The van der Waals surface area contributed by atoms with Crippen LogP contribution in [0, 0.1) is 0 Å². The average molecular weight is 829 g/mol. The summed E-state index contributed by atoms with van der Waals surface area (Å²) in [6, 6.07) is 52.5. The van der Waals surface area contributed by atoms with Crippen molar-refractivity contribution in [3.05, 3.63) is 146 Å². The minimum absolute atomic E-state index is 0. The molecule has 0 amide bonds. The normalized spacial score (nSPS) is 12.7. The molecule has 257 valence electrons. The van der Waals surface area contributed by atoms with E-state index in [9.17, 15) is 25.2 Å². The number of aromatic nitrogens is 3. The Kier molecular flexibility index (Phi) is 13.5. The number of hydrogen-bond acceptors (Lipinski definition) is 1. The molecule has 0 bridgehead atoms. The van der Waals surface area contributed by atoms with Gasteiger partial charge in [0.05, 0.1) is 5.21 Å². The molecule has 0 saturated heterocycles. The van der Waals surface area contributed by atoms with E-state index in [0.29, 0.717) is 0 Å². The van der Waals surface area contributed by atoms with Gasteiger partial charge in [0.15, 0.2) is 11.0 Å². The molecule has 14 heteroatoms. The van der Waals surface area contributed by atoms with Crippen molar-refractivity contribution in [3.8, 4) is 0 Å². The van der Waals surface area contributed by atoms with E-state index in [1.54, 1.807) is 0 Å². The second kappa shape index (κ2) is 16.3. The Morgan fingerprint density at radius 1 is 0.521 bits per heavy atom. The maximum absolute atomic E-state index is 10.7. The minimum Gasteiger partial charge on any atom is -1.00 e. The van der Waals surface area contributed by atoms with Crippen molar-refractivity contribution >= 4 is 55.9 Å². The quantitative estimate of drug-likeness (QED) is 0.0723. The molecule has 6 rings (SSSR count). The molecule has 1 radical (unpaired) electrons. The number of para-hydroxylation sites is 2. The fourth-order valence-electron chi connectivity index (χ4n) is 5.09. The van der Waals surface area contributed by atoms with Crippen LogP contribution in [0.25, 0.3) is 11.0 Å². The topological polar surface area (TPSA) is 21.7 Å². The molecule has 0 aliphatic carbocycles. The van der Waals surface area contributed by atoms with E-state index in [4.69, 9.17) is 5.21 Å². The van der Waals surface area contributed by atoms with Gasteiger partial charge in [-0.2, -0.15) is 0 Å². The summed E-state index contributed by atoms with van der Waals surface area (Å²) < 4.78 is 63.6. The number of fused-ring (bicyclic) bond motifs is 1. The van der Waals surface area contributed by atoms with E-state index in [1.165, 1.54) is 32.3 Å². The number of aryl methyl sites for hydroxylation is 2. The molecule has 0 spiro atoms. The van der Waals surface area contributed by atoms with Gasteiger partial charge in [0.25, 0.3) is 0 Å². The first kappa shape index (κ1) is 39.7. The number of hydrogen-bond donors (Lipinski definition) is 0. The molecule has 3 nitrogen and oxygen atoms in total. The Morgan fingerprint density at radius 2 is 0.854 bits per heavy atom. The third-order valence-electron chi connectivity index (χ3n) is 7.00. The van der Waals surface area contributed by atoms with Gasteiger partial charge < -0.3 is 12.4 Å². The fraction of sp³-hybridized carbons (Fsp3) is 0.118. The zero-order valence-corrected chi connectivity index (χ0v) is 30.4. The smallest absolute Gasteiger partial charge is 0.198 e. The molecule has 1 heterocycles. The first-order chi connectivity index (χ1) is 21.8. The molecule has 5 aromatic carbocycles. The van der Waals surface area contributed by atoms with Crippen LogP contribution in [0.15, 0.2) is 146 Å². The van der Waals surface area contributed by atoms with Crippen LogP contribution in [0.5, 0.6) is 0 Å². The molecule has 6 aromatic rings. The number of nitrogens with zero attached hydrogens (tertiary/aromatic N) is 3. The van der Waals surface area contributed by atoms with Crippen molar-refractivity contribution in [1.29, 1.82) is 0 Å². The van der Waals surface area contributed by atoms with Gasteiger partial charge in [-0.25, -0.2) is 0 Å². The zero-order chi connectivity index (χ0) is 32.7. The molecule has 0 aliphatic heterocycles. The van der Waals surface area contributed by atoms with E-state index >= 15 is 0 Å². The number of rotatable bonds is 10. The standard InChI is InChI=1S/C34H32N3P2.ClH.F6P.Rh/c1-5-15-29(16-6-1)38(30-17-7-2-8-18-30)27-25-36-33-23-13-14-24-34(33)37(35-36)26-28-39(31-19-9-3-10-20-31)32-21-11-4-12-22-32;;1-7(2,3,4,5)6;/h1-24H,25-28H2;1H;;/q+1;;-1;/p-1/i35+1;;;. The molecule has 0 atom stereocenters. The third-order valence-corrected chi connectivity index (χ3v) is 12.0. The molecule has 0 aliphatic rings. The minimum atomic E-state index is -10.7. The van der Waals surface area contributed by atoms with Crippen molar-refractivity contribution in [2.24, 2.45) is 0 Å². The van der Waals surface area contributed by atoms with Gasteiger partial charge in [-0.3, -0.25) is 0 Å². The summed E-state index contributed by atoms with van der Waals surface area (Å²) >= 11 is 0. The van der Waals surface area contributed by atoms with Crippen LogP contribution in [0.4, 0.5) is 25.2 Å². The van der Waals surface area contributed by atoms with Crippen molar-refractivity contribution in [3.63, 3.8) is 0 Å². The summed E-state index contributed by atoms with van der Waals surface area (Å²) in [6.07, 6.45) is 2.10. The van der Waals surface area contributed by atoms with Gasteiger partial charge in [0, 0.05) is 31.8 Å². The van der Waals surface area contributed by atoms with Gasteiger partial charge in [-0.05, 0) is 49.2 Å². The summed E-state index contributed by atoms with van der Waals surface area (Å²) in [5.74, 6) is 0. The summed E-state index contributed by atoms with van der Waals surface area (Å²) in [7, 11) is -11.6. The molecule has 48 heavy (non-hydrogen) atoms. The van der Waals surface area contributed by atoms with Gasteiger partial charge in [0.2, 0.25) is 0 Å². The number of halogens is 7. The Hall–Kier alpha value is -2.72. The predicted molar refractivity (Wildman–Crippen MR) is 181 cm³/mol. The molecule has 1 aromatic heterocycles. The van der Waals surface area contributed by atoms with Crippen LogP contribution in [-0.2, 0) is 32.6 Å². The Morgan fingerprint density at radius 3 is 1.25 bits per heavy atom. The largest absolute Gasteiger partial charge is 1.00 e. The van der Waals surface area contributed by atoms with E-state index in [-0.39, 0.29) is 31.9 Å². The van der Waals surface area contributed by atoms with Gasteiger partial charge in [-0.1, -0.05) is 133 Å². The Balaban J connectivity index is 0.000000629. The van der Waals surface area contributed by atoms with Crippen LogP contribution in [0.1, 0.15) is 0 Å². The van der Waals surface area contributed by atoms with E-state index in [1.807, 2.05) is 0 Å². The predicted octanol–water partition coefficient (Wildman–Crippen LogP) is 5.97. The van der Waals surface area contributed by atoms with Crippen molar-refractivity contribution in [2.45, 2.75) is 13.1 Å². The van der Waals surface area contributed by atoms with Crippen LogP contribution >= 0.6 is 23.7 Å². The molecule has 0 fully saturated rings. The maximum atomic E-state index is 9.87. The van der Waals surface area contributed by atoms with Crippen molar-refractivity contribution in [1.82, 2.24) is 9.90 Å². The second-order valence-corrected chi connectivity index (χ2v) is 17.0. The summed E-state index contributed by atoms with van der Waals surface area (Å²) in [6.45, 7) is 1.77. The fourth-order valence-corrected chi connectivity index (χ4v) is 9.63. The molecular formula is C34H32ClF6N3P3Rh-. The van der Waals surface area contributed by atoms with Crippen molar-refractivity contribution < 1.29 is 61.7 Å². The third kappa shape index (κ3) is 12.6. The monoisotopic (exact) mass is 828 g/mol. The summed E-state index contributed by atoms with van der Waals surface area (Å²) in [5.41, 5.74) is 2.41. The van der Waals surface area contributed by atoms with E-state index in [2.05, 4.69) is 155 Å². The average Bonchev–Trinajstić information content (AvgIpc) is 3.39. The first-order valence-corrected chi connectivity index (χ1v) is 19.6. The first-order valence-electron chi connectivity index (χ1n) is 14.5. The number of benzene rings is 5. The maximum Gasteiger partial charge on any atom is 0.198 e. The Labute approximate surface area is 297 Å².